The Bertz CT molecular complexity index is 602. The van der Waals surface area contributed by atoms with Gasteiger partial charge in [0.05, 0.1) is 0 Å². The zero-order chi connectivity index (χ0) is 16.0. The molecule has 1 aromatic rings. The zero-order valence-corrected chi connectivity index (χ0v) is 11.2. The van der Waals surface area contributed by atoms with E-state index < -0.39 is 40.8 Å². The zero-order valence-electron chi connectivity index (χ0n) is 11.2. The van der Waals surface area contributed by atoms with E-state index in [9.17, 15) is 26.7 Å². The predicted octanol–water partition coefficient (Wildman–Crippen LogP) is 3.48. The molecule has 3 atom stereocenters. The number of carbonyl (C=O) groups excluding carboxylic acids is 1. The van der Waals surface area contributed by atoms with Crippen molar-refractivity contribution in [1.82, 2.24) is 0 Å². The van der Waals surface area contributed by atoms with E-state index in [1.165, 1.54) is 0 Å². The topological polar surface area (TPSA) is 29.6 Å². The molecule has 1 saturated carbocycles. The molecule has 0 N–H and O–H groups in total. The number of cyclic esters (lactones) is 1. The Morgan fingerprint density at radius 2 is 1.59 bits per heavy atom. The Balaban J connectivity index is 1.66. The van der Waals surface area contributed by atoms with Gasteiger partial charge >= 0.3 is 5.97 Å². The summed E-state index contributed by atoms with van der Waals surface area (Å²) in [5, 5.41) is 0. The normalized spacial score (nSPS) is 27.1. The number of carbonyl (C=O) groups is 1. The molecular weight excluding hydrogens is 307 g/mol. The van der Waals surface area contributed by atoms with E-state index in [-0.39, 0.29) is 24.2 Å². The van der Waals surface area contributed by atoms with E-state index in [1.54, 1.807) is 0 Å². The Morgan fingerprint density at radius 3 is 2.14 bits per heavy atom. The second-order valence-corrected chi connectivity index (χ2v) is 5.52. The Kier molecular flexibility index (Phi) is 3.82. The third-order valence-electron chi connectivity index (χ3n) is 4.08. The number of hydrogen-bond acceptors (Lipinski definition) is 2. The van der Waals surface area contributed by atoms with Gasteiger partial charge in [-0.25, -0.2) is 26.7 Å². The van der Waals surface area contributed by atoms with Crippen LogP contribution in [-0.4, -0.2) is 12.1 Å². The number of halogens is 5. The number of benzene rings is 1. The number of epoxide rings is 1. The number of rotatable bonds is 4. The van der Waals surface area contributed by atoms with Crippen LogP contribution in [-0.2, 0) is 9.53 Å². The minimum Gasteiger partial charge on any atom is -0.447 e. The van der Waals surface area contributed by atoms with Crippen molar-refractivity contribution in [3.8, 4) is 0 Å². The van der Waals surface area contributed by atoms with Crippen LogP contribution in [0.2, 0.25) is 0 Å². The van der Waals surface area contributed by atoms with Gasteiger partial charge in [-0.2, -0.15) is 0 Å². The minimum absolute atomic E-state index is 0.0167. The highest BCUT2D eigenvalue weighted by molar-refractivity contribution is 5.87. The Morgan fingerprint density at radius 1 is 1.05 bits per heavy atom. The van der Waals surface area contributed by atoms with Crippen molar-refractivity contribution in [2.75, 3.05) is 0 Å². The van der Waals surface area contributed by atoms with E-state index >= 15 is 0 Å². The maximum Gasteiger partial charge on any atom is 0.348 e. The highest BCUT2D eigenvalue weighted by atomic mass is 19.2. The molecule has 1 saturated heterocycles. The number of hydrogen-bond donors (Lipinski definition) is 0. The molecule has 1 aromatic carbocycles. The van der Waals surface area contributed by atoms with Crippen LogP contribution in [0.5, 0.6) is 0 Å². The maximum atomic E-state index is 13.5. The summed E-state index contributed by atoms with van der Waals surface area (Å²) < 4.78 is 70.9. The molecule has 118 valence electrons. The first-order chi connectivity index (χ1) is 10.4. The van der Waals surface area contributed by atoms with Crippen molar-refractivity contribution in [3.05, 3.63) is 47.5 Å². The Hall–Kier alpha value is -1.66. The van der Waals surface area contributed by atoms with E-state index in [1.807, 2.05) is 6.42 Å². The highest BCUT2D eigenvalue weighted by Crippen LogP contribution is 2.40. The fraction of sp³-hybridized carbons (Fsp3) is 0.400. The molecule has 1 aliphatic heterocycles. The van der Waals surface area contributed by atoms with Gasteiger partial charge in [0.15, 0.2) is 23.3 Å². The average Bonchev–Trinajstić information content (AvgIpc) is 3.04. The van der Waals surface area contributed by atoms with Crippen LogP contribution in [0.4, 0.5) is 22.0 Å². The van der Waals surface area contributed by atoms with Gasteiger partial charge in [0.25, 0.3) is 0 Å². The van der Waals surface area contributed by atoms with E-state index in [0.717, 1.165) is 6.42 Å². The molecule has 1 heterocycles. The lowest BCUT2D eigenvalue weighted by Gasteiger charge is -2.11. The van der Waals surface area contributed by atoms with Crippen LogP contribution >= 0.6 is 0 Å². The average molecular weight is 318 g/mol. The summed E-state index contributed by atoms with van der Waals surface area (Å²) >= 11 is 0. The first-order valence-corrected chi connectivity index (χ1v) is 6.78. The van der Waals surface area contributed by atoms with E-state index in [4.69, 9.17) is 4.74 Å². The van der Waals surface area contributed by atoms with E-state index in [2.05, 4.69) is 0 Å². The Labute approximate surface area is 123 Å². The van der Waals surface area contributed by atoms with Gasteiger partial charge in [0.1, 0.15) is 0 Å². The van der Waals surface area contributed by atoms with Crippen molar-refractivity contribution in [2.45, 2.75) is 25.4 Å². The summed E-state index contributed by atoms with van der Waals surface area (Å²) in [4.78, 5) is 10.9. The summed E-state index contributed by atoms with van der Waals surface area (Å²) in [6.45, 7) is 0. The van der Waals surface area contributed by atoms with Crippen molar-refractivity contribution < 1.29 is 31.5 Å². The molecule has 1 aliphatic carbocycles. The van der Waals surface area contributed by atoms with Crippen molar-refractivity contribution >= 4 is 5.97 Å². The molecule has 2 nitrogen and oxygen atoms in total. The van der Waals surface area contributed by atoms with Gasteiger partial charge in [-0.1, -0.05) is 0 Å². The first kappa shape index (κ1) is 15.2. The predicted molar refractivity (Wildman–Crippen MR) is 64.6 cm³/mol. The van der Waals surface area contributed by atoms with Crippen LogP contribution in [0.15, 0.2) is 0 Å². The molecule has 2 radical (unpaired) electrons. The second-order valence-electron chi connectivity index (χ2n) is 5.52. The molecule has 2 aliphatic rings. The lowest BCUT2D eigenvalue weighted by Crippen LogP contribution is -2.08. The minimum atomic E-state index is -2.16. The van der Waals surface area contributed by atoms with Gasteiger partial charge in [0, 0.05) is 11.5 Å². The fourth-order valence-electron chi connectivity index (χ4n) is 2.82. The molecule has 0 amide bonds. The summed E-state index contributed by atoms with van der Waals surface area (Å²) in [5.41, 5.74) is -0.904. The summed E-state index contributed by atoms with van der Waals surface area (Å²) in [6, 6.07) is 0. The molecule has 0 bridgehead atoms. The summed E-state index contributed by atoms with van der Waals surface area (Å²) in [7, 11) is 0. The molecular formula is C15H11F5O2. The quantitative estimate of drug-likeness (QED) is 0.368. The van der Waals surface area contributed by atoms with Gasteiger partial charge < -0.3 is 4.74 Å². The van der Waals surface area contributed by atoms with Crippen molar-refractivity contribution in [2.24, 2.45) is 11.8 Å². The van der Waals surface area contributed by atoms with Gasteiger partial charge in [-0.15, -0.1) is 0 Å². The third kappa shape index (κ3) is 2.57. The van der Waals surface area contributed by atoms with Crippen LogP contribution in [0.25, 0.3) is 0 Å². The van der Waals surface area contributed by atoms with Gasteiger partial charge in [-0.3, -0.25) is 0 Å². The fourth-order valence-corrected chi connectivity index (χ4v) is 2.82. The standard InChI is InChI=1S/C15H11F5O2/c16-9-8(10(17)12(19)13(20)11(9)18)4-2-6-1-3-7(5-6)14-15(21)22-14/h3-4,6-7,14H,1-2,5H2. The monoisotopic (exact) mass is 318 g/mol. The highest BCUT2D eigenvalue weighted by Gasteiger charge is 2.47. The second kappa shape index (κ2) is 5.52. The molecule has 3 rings (SSSR count). The van der Waals surface area contributed by atoms with Gasteiger partial charge in [0.2, 0.25) is 11.9 Å². The molecule has 3 unspecified atom stereocenters. The molecule has 0 spiro atoms. The van der Waals surface area contributed by atoms with Gasteiger partial charge in [-0.05, 0) is 38.0 Å². The largest absolute Gasteiger partial charge is 0.447 e. The smallest absolute Gasteiger partial charge is 0.348 e. The molecule has 0 aromatic heterocycles. The van der Waals surface area contributed by atoms with Crippen LogP contribution < -0.4 is 0 Å². The van der Waals surface area contributed by atoms with Crippen LogP contribution in [0.3, 0.4) is 0 Å². The van der Waals surface area contributed by atoms with Crippen molar-refractivity contribution in [1.29, 1.82) is 0 Å². The molecule has 7 heteroatoms. The van der Waals surface area contributed by atoms with Crippen LogP contribution in [0.1, 0.15) is 24.8 Å². The lowest BCUT2D eigenvalue weighted by molar-refractivity contribution is -0.117. The van der Waals surface area contributed by atoms with Crippen LogP contribution in [0, 0.1) is 53.8 Å². The SMILES string of the molecule is O=C1OC1C1[CH]CC(C[CH]c2c(F)c(F)c(F)c(F)c2F)C1. The lowest BCUT2D eigenvalue weighted by atomic mass is 9.95. The third-order valence-corrected chi connectivity index (χ3v) is 4.08. The molecule has 2 fully saturated rings. The van der Waals surface area contributed by atoms with Crippen molar-refractivity contribution in [3.63, 3.8) is 0 Å². The summed E-state index contributed by atoms with van der Waals surface area (Å²) in [5.74, 6) is -10.0. The first-order valence-electron chi connectivity index (χ1n) is 6.78. The van der Waals surface area contributed by atoms with E-state index in [0.29, 0.717) is 12.8 Å². The molecule has 22 heavy (non-hydrogen) atoms. The summed E-state index contributed by atoms with van der Waals surface area (Å²) in [6.07, 6.45) is 3.83. The maximum absolute atomic E-state index is 13.5. The number of ether oxygens (including phenoxy) is 1.